The monoisotopic (exact) mass is 355 g/mol. The third kappa shape index (κ3) is 3.67. The molecule has 0 radical (unpaired) electrons. The fourth-order valence-electron chi connectivity index (χ4n) is 2.55. The van der Waals surface area contributed by atoms with Crippen LogP contribution in [-0.2, 0) is 7.05 Å². The van der Waals surface area contributed by atoms with Gasteiger partial charge in [-0.2, -0.15) is 10.2 Å². The molecule has 0 aliphatic carbocycles. The Morgan fingerprint density at radius 2 is 1.88 bits per heavy atom. The summed E-state index contributed by atoms with van der Waals surface area (Å²) in [4.78, 5) is 0. The number of halogens is 1. The molecule has 2 aromatic carbocycles. The average Bonchev–Trinajstić information content (AvgIpc) is 2.63. The first-order chi connectivity index (χ1) is 12.1. The Balaban J connectivity index is 2.04. The number of aryl methyl sites for hydroxylation is 1. The molecule has 0 saturated heterocycles. The summed E-state index contributed by atoms with van der Waals surface area (Å²) in [5.74, 6) is 1.44. The third-order valence-electron chi connectivity index (χ3n) is 3.87. The number of aromatic nitrogens is 1. The number of nitrogens with zero attached hydrogens (tertiary/aromatic N) is 3. The largest absolute Gasteiger partial charge is 0.497 e. The minimum Gasteiger partial charge on any atom is -0.497 e. The number of rotatable bonds is 4. The first-order valence-electron chi connectivity index (χ1n) is 7.66. The van der Waals surface area contributed by atoms with Crippen molar-refractivity contribution in [2.45, 2.75) is 0 Å². The molecule has 1 aromatic heterocycles. The van der Waals surface area contributed by atoms with E-state index in [1.165, 1.54) is 0 Å². The first-order valence-corrected chi connectivity index (χ1v) is 8.04. The smallest absolute Gasteiger partial charge is 0.127 e. The zero-order chi connectivity index (χ0) is 17.8. The van der Waals surface area contributed by atoms with E-state index in [0.717, 1.165) is 27.6 Å². The van der Waals surface area contributed by atoms with Crippen molar-refractivity contribution in [3.05, 3.63) is 64.6 Å². The summed E-state index contributed by atoms with van der Waals surface area (Å²) in [6, 6.07) is 13.1. The maximum Gasteiger partial charge on any atom is 0.127 e. The summed E-state index contributed by atoms with van der Waals surface area (Å²) in [6.07, 6.45) is 3.58. The molecule has 25 heavy (non-hydrogen) atoms. The van der Waals surface area contributed by atoms with E-state index in [0.29, 0.717) is 10.8 Å². The van der Waals surface area contributed by atoms with Crippen molar-refractivity contribution in [1.82, 2.24) is 4.57 Å². The van der Waals surface area contributed by atoms with Crippen molar-refractivity contribution in [2.75, 3.05) is 14.2 Å². The molecule has 0 fully saturated rings. The molecule has 3 rings (SSSR count). The van der Waals surface area contributed by atoms with E-state index in [4.69, 9.17) is 21.1 Å². The van der Waals surface area contributed by atoms with Gasteiger partial charge in [-0.25, -0.2) is 0 Å². The van der Waals surface area contributed by atoms with Crippen LogP contribution >= 0.6 is 11.6 Å². The highest BCUT2D eigenvalue weighted by molar-refractivity contribution is 6.31. The molecule has 6 heteroatoms. The van der Waals surface area contributed by atoms with Crippen LogP contribution in [0.5, 0.6) is 11.5 Å². The lowest BCUT2D eigenvalue weighted by atomic mass is 10.2. The van der Waals surface area contributed by atoms with Gasteiger partial charge in [0.2, 0.25) is 0 Å². The predicted molar refractivity (Wildman–Crippen MR) is 101 cm³/mol. The summed E-state index contributed by atoms with van der Waals surface area (Å²) < 4.78 is 12.6. The molecular weight excluding hydrogens is 338 g/mol. The molecule has 128 valence electrons. The number of pyridine rings is 1. The molecule has 3 aromatic rings. The van der Waals surface area contributed by atoms with E-state index < -0.39 is 0 Å². The molecule has 0 N–H and O–H groups in total. The van der Waals surface area contributed by atoms with Gasteiger partial charge < -0.3 is 14.0 Å². The highest BCUT2D eigenvalue weighted by Gasteiger charge is 2.03. The Labute approximate surface area is 150 Å². The second-order valence-corrected chi connectivity index (χ2v) is 5.86. The van der Waals surface area contributed by atoms with E-state index in [1.807, 2.05) is 60.3 Å². The molecule has 0 aliphatic rings. The van der Waals surface area contributed by atoms with Crippen LogP contribution < -0.4 is 14.8 Å². The predicted octanol–water partition coefficient (Wildman–Crippen LogP) is 3.78. The van der Waals surface area contributed by atoms with Crippen LogP contribution in [0.3, 0.4) is 0 Å². The van der Waals surface area contributed by atoms with Gasteiger partial charge in [-0.3, -0.25) is 0 Å². The Morgan fingerprint density at radius 1 is 1.04 bits per heavy atom. The van der Waals surface area contributed by atoms with E-state index in [1.54, 1.807) is 20.4 Å². The summed E-state index contributed by atoms with van der Waals surface area (Å²) in [6.45, 7) is 0. The van der Waals surface area contributed by atoms with Crippen LogP contribution in [-0.4, -0.2) is 25.0 Å². The summed E-state index contributed by atoms with van der Waals surface area (Å²) in [5, 5.41) is 11.0. The SMILES string of the molecule is COc1ccc(OC)c(/C=N/N=c2\ccn(C)c3cc(Cl)ccc23)c1. The topological polar surface area (TPSA) is 48.1 Å². The Morgan fingerprint density at radius 3 is 2.64 bits per heavy atom. The number of benzene rings is 2. The van der Waals surface area contributed by atoms with Gasteiger partial charge in [-0.1, -0.05) is 11.6 Å². The highest BCUT2D eigenvalue weighted by atomic mass is 35.5. The van der Waals surface area contributed by atoms with Gasteiger partial charge in [0, 0.05) is 29.2 Å². The van der Waals surface area contributed by atoms with Gasteiger partial charge >= 0.3 is 0 Å². The van der Waals surface area contributed by atoms with Crippen molar-refractivity contribution < 1.29 is 9.47 Å². The van der Waals surface area contributed by atoms with Crippen LogP contribution in [0.25, 0.3) is 10.9 Å². The molecule has 5 nitrogen and oxygen atoms in total. The van der Waals surface area contributed by atoms with Gasteiger partial charge in [0.05, 0.1) is 31.3 Å². The van der Waals surface area contributed by atoms with Crippen LogP contribution in [0.15, 0.2) is 58.9 Å². The van der Waals surface area contributed by atoms with Crippen molar-refractivity contribution in [2.24, 2.45) is 17.3 Å². The molecule has 0 atom stereocenters. The molecule has 0 aliphatic heterocycles. The lowest BCUT2D eigenvalue weighted by Crippen LogP contribution is -2.06. The van der Waals surface area contributed by atoms with Crippen molar-refractivity contribution >= 4 is 28.7 Å². The Bertz CT molecular complexity index is 1010. The normalized spacial score (nSPS) is 12.1. The maximum atomic E-state index is 6.09. The van der Waals surface area contributed by atoms with Gasteiger partial charge in [-0.15, -0.1) is 0 Å². The Hall–Kier alpha value is -2.79. The van der Waals surface area contributed by atoms with Crippen LogP contribution in [0.1, 0.15) is 5.56 Å². The van der Waals surface area contributed by atoms with E-state index in [9.17, 15) is 0 Å². The molecule has 0 amide bonds. The fourth-order valence-corrected chi connectivity index (χ4v) is 2.71. The molecule has 0 unspecified atom stereocenters. The Kier molecular flexibility index (Phi) is 5.05. The second-order valence-electron chi connectivity index (χ2n) is 5.43. The maximum absolute atomic E-state index is 6.09. The number of hydrogen-bond donors (Lipinski definition) is 0. The van der Waals surface area contributed by atoms with Gasteiger partial charge in [0.15, 0.2) is 0 Å². The van der Waals surface area contributed by atoms with E-state index in [2.05, 4.69) is 10.2 Å². The molecule has 0 spiro atoms. The van der Waals surface area contributed by atoms with Gasteiger partial charge in [-0.05, 0) is 42.5 Å². The fraction of sp³-hybridized carbons (Fsp3) is 0.158. The van der Waals surface area contributed by atoms with Crippen LogP contribution in [0.4, 0.5) is 0 Å². The minimum absolute atomic E-state index is 0.685. The van der Waals surface area contributed by atoms with Crippen molar-refractivity contribution in [3.8, 4) is 11.5 Å². The van der Waals surface area contributed by atoms with Crippen LogP contribution in [0, 0.1) is 0 Å². The summed E-state index contributed by atoms with van der Waals surface area (Å²) in [7, 11) is 5.20. The lowest BCUT2D eigenvalue weighted by Gasteiger charge is -2.06. The number of hydrogen-bond acceptors (Lipinski definition) is 4. The second kappa shape index (κ2) is 7.40. The average molecular weight is 356 g/mol. The van der Waals surface area contributed by atoms with E-state index >= 15 is 0 Å². The standard InChI is InChI=1S/C19H18ClN3O2/c1-23-9-8-17(16-6-4-14(20)11-18(16)23)22-21-12-13-10-15(24-2)5-7-19(13)25-3/h4-12H,1-3H3/b21-12+,22-17+. The van der Waals surface area contributed by atoms with E-state index in [-0.39, 0.29) is 0 Å². The first kappa shape index (κ1) is 17.0. The molecular formula is C19H18ClN3O2. The van der Waals surface area contributed by atoms with Gasteiger partial charge in [0.1, 0.15) is 11.5 Å². The van der Waals surface area contributed by atoms with Crippen molar-refractivity contribution in [1.29, 1.82) is 0 Å². The molecule has 0 bridgehead atoms. The summed E-state index contributed by atoms with van der Waals surface area (Å²) >= 11 is 6.09. The summed E-state index contributed by atoms with van der Waals surface area (Å²) in [5.41, 5.74) is 1.78. The third-order valence-corrected chi connectivity index (χ3v) is 4.11. The molecule has 1 heterocycles. The quantitative estimate of drug-likeness (QED) is 0.528. The minimum atomic E-state index is 0.685. The van der Waals surface area contributed by atoms with Crippen LogP contribution in [0.2, 0.25) is 5.02 Å². The number of methoxy groups -OCH3 is 2. The van der Waals surface area contributed by atoms with Crippen molar-refractivity contribution in [3.63, 3.8) is 0 Å². The molecule has 0 saturated carbocycles. The number of fused-ring (bicyclic) bond motifs is 1. The highest BCUT2D eigenvalue weighted by Crippen LogP contribution is 2.22. The zero-order valence-corrected chi connectivity index (χ0v) is 15.0. The zero-order valence-electron chi connectivity index (χ0n) is 14.2. The van der Waals surface area contributed by atoms with Gasteiger partial charge in [0.25, 0.3) is 0 Å². The number of ether oxygens (including phenoxy) is 2. The lowest BCUT2D eigenvalue weighted by molar-refractivity contribution is 0.402.